The molecule has 0 aromatic heterocycles. The summed E-state index contributed by atoms with van der Waals surface area (Å²) in [5.41, 5.74) is 0.972. The smallest absolute Gasteiger partial charge is 0.347 e. The average molecular weight is 378 g/mol. The third-order valence-corrected chi connectivity index (χ3v) is 3.74. The van der Waals surface area contributed by atoms with Crippen molar-refractivity contribution in [2.24, 2.45) is 0 Å². The minimum atomic E-state index is -0.769. The Morgan fingerprint density at radius 3 is 2.42 bits per heavy atom. The van der Waals surface area contributed by atoms with Crippen molar-refractivity contribution in [3.8, 4) is 5.75 Å². The van der Waals surface area contributed by atoms with Crippen LogP contribution in [-0.2, 0) is 14.3 Å². The quantitative estimate of drug-likeness (QED) is 0.562. The second-order valence-corrected chi connectivity index (χ2v) is 5.79. The first-order valence-electron chi connectivity index (χ1n) is 7.99. The number of rotatable bonds is 8. The number of benzene rings is 2. The van der Waals surface area contributed by atoms with Crippen molar-refractivity contribution in [1.29, 1.82) is 0 Å². The normalized spacial score (nSPS) is 11.5. The molecule has 0 saturated heterocycles. The van der Waals surface area contributed by atoms with Crippen LogP contribution in [0, 0.1) is 0 Å². The number of methoxy groups -OCH3 is 1. The number of hydrogen-bond donors (Lipinski definition) is 1. The van der Waals surface area contributed by atoms with Crippen LogP contribution in [0.15, 0.2) is 48.5 Å². The van der Waals surface area contributed by atoms with Gasteiger partial charge in [0.05, 0.1) is 17.3 Å². The van der Waals surface area contributed by atoms with Gasteiger partial charge in [0.1, 0.15) is 12.4 Å². The van der Waals surface area contributed by atoms with Crippen molar-refractivity contribution in [1.82, 2.24) is 0 Å². The largest absolute Gasteiger partial charge is 0.479 e. The zero-order valence-corrected chi connectivity index (χ0v) is 15.3. The van der Waals surface area contributed by atoms with E-state index in [1.165, 1.54) is 7.11 Å². The highest BCUT2D eigenvalue weighted by atomic mass is 35.5. The number of nitrogens with one attached hydrogen (secondary N) is 1. The molecular formula is C19H20ClNO5. The molecule has 1 N–H and O–H groups in total. The van der Waals surface area contributed by atoms with Gasteiger partial charge in [-0.05, 0) is 43.3 Å². The van der Waals surface area contributed by atoms with Crippen molar-refractivity contribution in [2.75, 3.05) is 25.6 Å². The first-order valence-corrected chi connectivity index (χ1v) is 8.37. The maximum absolute atomic E-state index is 12.3. The van der Waals surface area contributed by atoms with Gasteiger partial charge in [-0.3, -0.25) is 4.79 Å². The zero-order chi connectivity index (χ0) is 18.9. The average Bonchev–Trinajstić information content (AvgIpc) is 2.64. The molecule has 0 saturated carbocycles. The molecule has 0 spiro atoms. The Bertz CT molecular complexity index is 748. The van der Waals surface area contributed by atoms with Crippen LogP contribution >= 0.6 is 11.6 Å². The molecule has 0 aliphatic rings. The number of hydrogen-bond acceptors (Lipinski definition) is 5. The highest BCUT2D eigenvalue weighted by Crippen LogP contribution is 2.22. The molecule has 138 valence electrons. The first-order chi connectivity index (χ1) is 12.5. The highest BCUT2D eigenvalue weighted by molar-refractivity contribution is 6.33. The van der Waals surface area contributed by atoms with Crippen molar-refractivity contribution in [3.63, 3.8) is 0 Å². The van der Waals surface area contributed by atoms with Gasteiger partial charge in [-0.15, -0.1) is 0 Å². The van der Waals surface area contributed by atoms with E-state index in [1.807, 2.05) is 0 Å². The summed E-state index contributed by atoms with van der Waals surface area (Å²) in [6.07, 6.45) is -0.769. The van der Waals surface area contributed by atoms with E-state index >= 15 is 0 Å². The molecule has 0 aliphatic carbocycles. The molecule has 2 rings (SSSR count). The van der Waals surface area contributed by atoms with Gasteiger partial charge in [-0.2, -0.15) is 0 Å². The summed E-state index contributed by atoms with van der Waals surface area (Å²) in [5.74, 6) is -0.324. The van der Waals surface area contributed by atoms with E-state index in [-0.39, 0.29) is 12.5 Å². The van der Waals surface area contributed by atoms with Crippen LogP contribution in [0.5, 0.6) is 5.75 Å². The van der Waals surface area contributed by atoms with Gasteiger partial charge in [0.15, 0.2) is 6.10 Å². The lowest BCUT2D eigenvalue weighted by molar-refractivity contribution is -0.152. The number of para-hydroxylation sites is 1. The summed E-state index contributed by atoms with van der Waals surface area (Å²) < 4.78 is 15.3. The molecule has 2 aromatic rings. The van der Waals surface area contributed by atoms with Crippen molar-refractivity contribution in [2.45, 2.75) is 13.0 Å². The van der Waals surface area contributed by atoms with Crippen LogP contribution in [0.3, 0.4) is 0 Å². The van der Waals surface area contributed by atoms with E-state index in [0.717, 1.165) is 0 Å². The molecule has 1 amide bonds. The minimum Gasteiger partial charge on any atom is -0.479 e. The molecule has 0 bridgehead atoms. The third kappa shape index (κ3) is 5.75. The molecule has 26 heavy (non-hydrogen) atoms. The minimum absolute atomic E-state index is 0.171. The van der Waals surface area contributed by atoms with E-state index in [9.17, 15) is 9.59 Å². The lowest BCUT2D eigenvalue weighted by Crippen LogP contribution is -2.27. The summed E-state index contributed by atoms with van der Waals surface area (Å²) in [4.78, 5) is 24.0. The van der Waals surface area contributed by atoms with E-state index < -0.39 is 12.1 Å². The Morgan fingerprint density at radius 1 is 1.08 bits per heavy atom. The monoisotopic (exact) mass is 377 g/mol. The Morgan fingerprint density at radius 2 is 1.77 bits per heavy atom. The summed E-state index contributed by atoms with van der Waals surface area (Å²) in [5, 5.41) is 3.20. The molecule has 0 radical (unpaired) electrons. The fourth-order valence-corrected chi connectivity index (χ4v) is 2.22. The Kier molecular flexibility index (Phi) is 7.44. The number of ether oxygens (including phenoxy) is 3. The van der Waals surface area contributed by atoms with Crippen molar-refractivity contribution in [3.05, 3.63) is 59.1 Å². The van der Waals surface area contributed by atoms with Crippen LogP contribution in [0.1, 0.15) is 17.3 Å². The lowest BCUT2D eigenvalue weighted by Gasteiger charge is -2.14. The van der Waals surface area contributed by atoms with Crippen LogP contribution < -0.4 is 10.1 Å². The molecular weight excluding hydrogens is 358 g/mol. The van der Waals surface area contributed by atoms with E-state index in [4.69, 9.17) is 25.8 Å². The molecule has 0 aliphatic heterocycles. The standard InChI is InChI=1S/C19H20ClNO5/c1-13(19(23)25-12-11-24-2)26-15-9-7-14(8-10-15)18(22)21-17-6-4-3-5-16(17)20/h3-10,13H,11-12H2,1-2H3,(H,21,22)/t13-/m0/s1. The number of halogens is 1. The molecule has 0 fully saturated rings. The van der Waals surface area contributed by atoms with Crippen LogP contribution in [0.4, 0.5) is 5.69 Å². The number of carbonyl (C=O) groups excluding carboxylic acids is 2. The van der Waals surface area contributed by atoms with Gasteiger partial charge >= 0.3 is 5.97 Å². The number of esters is 1. The summed E-state index contributed by atoms with van der Waals surface area (Å²) in [6.45, 7) is 2.09. The zero-order valence-electron chi connectivity index (χ0n) is 14.5. The van der Waals surface area contributed by atoms with E-state index in [0.29, 0.717) is 28.6 Å². The molecule has 7 heteroatoms. The second kappa shape index (κ2) is 9.79. The van der Waals surface area contributed by atoms with Gasteiger partial charge in [0.25, 0.3) is 5.91 Å². The number of anilines is 1. The molecule has 0 unspecified atom stereocenters. The van der Waals surface area contributed by atoms with Crippen molar-refractivity contribution >= 4 is 29.2 Å². The summed E-state index contributed by atoms with van der Waals surface area (Å²) >= 11 is 6.03. The van der Waals surface area contributed by atoms with Gasteiger partial charge in [-0.25, -0.2) is 4.79 Å². The maximum atomic E-state index is 12.3. The van der Waals surface area contributed by atoms with Gasteiger partial charge in [0, 0.05) is 12.7 Å². The topological polar surface area (TPSA) is 73.9 Å². The first kappa shape index (κ1) is 19.8. The Hall–Kier alpha value is -2.57. The molecule has 6 nitrogen and oxygen atoms in total. The predicted octanol–water partition coefficient (Wildman–Crippen LogP) is 3.55. The van der Waals surface area contributed by atoms with E-state index in [1.54, 1.807) is 55.5 Å². The highest BCUT2D eigenvalue weighted by Gasteiger charge is 2.16. The van der Waals surface area contributed by atoms with Gasteiger partial charge < -0.3 is 19.5 Å². The number of amides is 1. The predicted molar refractivity (Wildman–Crippen MR) is 98.8 cm³/mol. The summed E-state index contributed by atoms with van der Waals surface area (Å²) in [6, 6.07) is 13.4. The fraction of sp³-hybridized carbons (Fsp3) is 0.263. The molecule has 2 aromatic carbocycles. The van der Waals surface area contributed by atoms with E-state index in [2.05, 4.69) is 5.32 Å². The Labute approximate surface area is 157 Å². The fourth-order valence-electron chi connectivity index (χ4n) is 2.04. The van der Waals surface area contributed by atoms with Gasteiger partial charge in [0.2, 0.25) is 0 Å². The van der Waals surface area contributed by atoms with Crippen LogP contribution in [-0.4, -0.2) is 38.3 Å². The van der Waals surface area contributed by atoms with Gasteiger partial charge in [-0.1, -0.05) is 23.7 Å². The SMILES string of the molecule is COCCOC(=O)[C@H](C)Oc1ccc(C(=O)Nc2ccccc2Cl)cc1. The number of carbonyl (C=O) groups is 2. The Balaban J connectivity index is 1.92. The maximum Gasteiger partial charge on any atom is 0.347 e. The summed E-state index contributed by atoms with van der Waals surface area (Å²) in [7, 11) is 1.53. The lowest BCUT2D eigenvalue weighted by atomic mass is 10.2. The second-order valence-electron chi connectivity index (χ2n) is 5.38. The third-order valence-electron chi connectivity index (χ3n) is 3.42. The molecule has 1 atom stereocenters. The molecule has 0 heterocycles. The van der Waals surface area contributed by atoms with Crippen LogP contribution in [0.25, 0.3) is 0 Å². The van der Waals surface area contributed by atoms with Crippen LogP contribution in [0.2, 0.25) is 5.02 Å². The van der Waals surface area contributed by atoms with Crippen molar-refractivity contribution < 1.29 is 23.8 Å².